The lowest BCUT2D eigenvalue weighted by Gasteiger charge is -2.08. The Morgan fingerprint density at radius 1 is 1.45 bits per heavy atom. The average molecular weight is 319 g/mol. The van der Waals surface area contributed by atoms with Crippen LogP contribution < -0.4 is 15.8 Å². The monoisotopic (exact) mass is 318 g/mol. The lowest BCUT2D eigenvalue weighted by molar-refractivity contribution is -0.122. The van der Waals surface area contributed by atoms with Crippen LogP contribution in [0.25, 0.3) is 0 Å². The summed E-state index contributed by atoms with van der Waals surface area (Å²) >= 11 is 5.73. The number of rotatable bonds is 6. The smallest absolute Gasteiger partial charge is 0.242 e. The molecule has 0 aromatic carbocycles. The van der Waals surface area contributed by atoms with Gasteiger partial charge < -0.3 is 11.1 Å². The minimum atomic E-state index is -3.71. The minimum absolute atomic E-state index is 0.0265. The number of nitrogens with zero attached hydrogens (tertiary/aromatic N) is 1. The molecule has 20 heavy (non-hydrogen) atoms. The molecule has 4 N–H and O–H groups in total. The van der Waals surface area contributed by atoms with Gasteiger partial charge in [-0.3, -0.25) is 4.79 Å². The molecule has 2 rings (SSSR count). The van der Waals surface area contributed by atoms with Gasteiger partial charge in [-0.25, -0.2) is 18.1 Å². The molecule has 1 amide bonds. The largest absolute Gasteiger partial charge is 0.382 e. The number of halogens is 1. The first-order chi connectivity index (χ1) is 9.40. The molecule has 0 bridgehead atoms. The molecule has 1 aliphatic rings. The highest BCUT2D eigenvalue weighted by atomic mass is 35.5. The van der Waals surface area contributed by atoms with Gasteiger partial charge in [-0.05, 0) is 18.9 Å². The number of hydrogen-bond acceptors (Lipinski definition) is 5. The van der Waals surface area contributed by atoms with Gasteiger partial charge in [-0.1, -0.05) is 11.6 Å². The predicted molar refractivity (Wildman–Crippen MR) is 74.6 cm³/mol. The Balaban J connectivity index is 1.86. The van der Waals surface area contributed by atoms with Crippen LogP contribution in [-0.2, 0) is 14.8 Å². The zero-order chi connectivity index (χ0) is 14.8. The van der Waals surface area contributed by atoms with E-state index in [1.807, 2.05) is 0 Å². The Morgan fingerprint density at radius 2 is 2.15 bits per heavy atom. The van der Waals surface area contributed by atoms with E-state index in [4.69, 9.17) is 17.3 Å². The average Bonchev–Trinajstić information content (AvgIpc) is 3.22. The summed E-state index contributed by atoms with van der Waals surface area (Å²) in [4.78, 5) is 15.0. The number of aromatic nitrogens is 1. The van der Waals surface area contributed by atoms with Crippen LogP contribution in [0.3, 0.4) is 0 Å². The fraction of sp³-hybridized carbons (Fsp3) is 0.455. The molecule has 1 fully saturated rings. The molecule has 9 heteroatoms. The zero-order valence-electron chi connectivity index (χ0n) is 10.6. The van der Waals surface area contributed by atoms with E-state index in [9.17, 15) is 13.2 Å². The zero-order valence-corrected chi connectivity index (χ0v) is 12.2. The van der Waals surface area contributed by atoms with E-state index in [2.05, 4.69) is 15.0 Å². The Labute approximate surface area is 122 Å². The first-order valence-electron chi connectivity index (χ1n) is 6.08. The Morgan fingerprint density at radius 3 is 2.75 bits per heavy atom. The maximum Gasteiger partial charge on any atom is 0.242 e. The third-order valence-electron chi connectivity index (χ3n) is 2.82. The number of nitrogen functional groups attached to an aromatic ring is 1. The fourth-order valence-electron chi connectivity index (χ4n) is 1.52. The maximum atomic E-state index is 11.9. The van der Waals surface area contributed by atoms with Crippen molar-refractivity contribution in [3.05, 3.63) is 17.3 Å². The van der Waals surface area contributed by atoms with E-state index in [1.54, 1.807) is 0 Å². The summed E-state index contributed by atoms with van der Waals surface area (Å²) in [5.74, 6) is 0.149. The fourth-order valence-corrected chi connectivity index (χ4v) is 2.76. The van der Waals surface area contributed by atoms with Crippen LogP contribution in [0, 0.1) is 5.92 Å². The van der Waals surface area contributed by atoms with Gasteiger partial charge in [0, 0.05) is 25.2 Å². The van der Waals surface area contributed by atoms with Crippen LogP contribution in [0.4, 0.5) is 5.82 Å². The number of amides is 1. The quantitative estimate of drug-likeness (QED) is 0.645. The third kappa shape index (κ3) is 3.81. The molecule has 0 saturated heterocycles. The van der Waals surface area contributed by atoms with Gasteiger partial charge in [-0.2, -0.15) is 0 Å². The summed E-state index contributed by atoms with van der Waals surface area (Å²) in [6, 6.07) is 1.23. The van der Waals surface area contributed by atoms with Crippen molar-refractivity contribution in [1.82, 2.24) is 15.0 Å². The summed E-state index contributed by atoms with van der Waals surface area (Å²) < 4.78 is 26.2. The molecule has 7 nitrogen and oxygen atoms in total. The Hall–Kier alpha value is -1.38. The van der Waals surface area contributed by atoms with Gasteiger partial charge in [0.1, 0.15) is 10.7 Å². The normalized spacial score (nSPS) is 15.1. The van der Waals surface area contributed by atoms with E-state index in [0.717, 1.165) is 19.0 Å². The molecule has 0 aliphatic heterocycles. The SMILES string of the molecule is Nc1ncc(S(=O)(=O)NCCNC(=O)C2CC2)cc1Cl. The van der Waals surface area contributed by atoms with Crippen molar-refractivity contribution in [3.63, 3.8) is 0 Å². The first-order valence-corrected chi connectivity index (χ1v) is 7.94. The summed E-state index contributed by atoms with van der Waals surface area (Å²) in [7, 11) is -3.71. The van der Waals surface area contributed by atoms with Gasteiger partial charge >= 0.3 is 0 Å². The van der Waals surface area contributed by atoms with E-state index in [-0.39, 0.29) is 40.7 Å². The number of sulfonamides is 1. The molecule has 1 aliphatic carbocycles. The van der Waals surface area contributed by atoms with Gasteiger partial charge in [0.2, 0.25) is 15.9 Å². The van der Waals surface area contributed by atoms with E-state index in [1.165, 1.54) is 6.07 Å². The highest BCUT2D eigenvalue weighted by Gasteiger charge is 2.29. The predicted octanol–water partition coefficient (Wildman–Crippen LogP) is 0.122. The second kappa shape index (κ2) is 5.94. The number of pyridine rings is 1. The van der Waals surface area contributed by atoms with Crippen LogP contribution in [0.5, 0.6) is 0 Å². The number of nitrogens with two attached hydrogens (primary N) is 1. The second-order valence-corrected chi connectivity index (χ2v) is 6.68. The van der Waals surface area contributed by atoms with Crippen LogP contribution in [0.2, 0.25) is 5.02 Å². The van der Waals surface area contributed by atoms with Crippen LogP contribution in [-0.4, -0.2) is 32.4 Å². The number of nitrogens with one attached hydrogen (secondary N) is 2. The summed E-state index contributed by atoms with van der Waals surface area (Å²) in [5, 5.41) is 2.74. The van der Waals surface area contributed by atoms with Gasteiger partial charge in [0.25, 0.3) is 0 Å². The molecule has 0 unspecified atom stereocenters. The van der Waals surface area contributed by atoms with E-state index < -0.39 is 10.0 Å². The van der Waals surface area contributed by atoms with Crippen molar-refractivity contribution in [2.24, 2.45) is 5.92 Å². The molecule has 0 radical (unpaired) electrons. The molecule has 1 aromatic heterocycles. The maximum absolute atomic E-state index is 11.9. The molecule has 1 aromatic rings. The summed E-state index contributed by atoms with van der Waals surface area (Å²) in [6.45, 7) is 0.341. The lowest BCUT2D eigenvalue weighted by atomic mass is 10.4. The third-order valence-corrected chi connectivity index (χ3v) is 4.55. The van der Waals surface area contributed by atoms with Crippen molar-refractivity contribution in [2.75, 3.05) is 18.8 Å². The number of anilines is 1. The summed E-state index contributed by atoms with van der Waals surface area (Å²) in [6.07, 6.45) is 2.95. The number of hydrogen-bond donors (Lipinski definition) is 3. The number of carbonyl (C=O) groups excluding carboxylic acids is 1. The second-order valence-electron chi connectivity index (χ2n) is 4.50. The van der Waals surface area contributed by atoms with Crippen LogP contribution in [0.15, 0.2) is 17.2 Å². The van der Waals surface area contributed by atoms with Gasteiger partial charge in [0.15, 0.2) is 0 Å². The van der Waals surface area contributed by atoms with Crippen molar-refractivity contribution in [3.8, 4) is 0 Å². The number of carbonyl (C=O) groups is 1. The highest BCUT2D eigenvalue weighted by molar-refractivity contribution is 7.89. The van der Waals surface area contributed by atoms with Crippen LogP contribution in [0.1, 0.15) is 12.8 Å². The van der Waals surface area contributed by atoms with E-state index >= 15 is 0 Å². The Bertz CT molecular complexity index is 616. The van der Waals surface area contributed by atoms with Crippen molar-refractivity contribution < 1.29 is 13.2 Å². The highest BCUT2D eigenvalue weighted by Crippen LogP contribution is 2.28. The molecular weight excluding hydrogens is 304 g/mol. The van der Waals surface area contributed by atoms with Crippen molar-refractivity contribution in [2.45, 2.75) is 17.7 Å². The molecule has 1 heterocycles. The first kappa shape index (κ1) is 15.0. The summed E-state index contributed by atoms with van der Waals surface area (Å²) in [5.41, 5.74) is 5.42. The van der Waals surface area contributed by atoms with Gasteiger partial charge in [0.05, 0.1) is 5.02 Å². The molecule has 0 spiro atoms. The molecular formula is C11H15ClN4O3S. The molecule has 1 saturated carbocycles. The van der Waals surface area contributed by atoms with Crippen molar-refractivity contribution >= 4 is 33.3 Å². The Kier molecular flexibility index (Phi) is 4.46. The molecule has 110 valence electrons. The lowest BCUT2D eigenvalue weighted by Crippen LogP contribution is -2.35. The van der Waals surface area contributed by atoms with Crippen LogP contribution >= 0.6 is 11.6 Å². The van der Waals surface area contributed by atoms with E-state index in [0.29, 0.717) is 0 Å². The minimum Gasteiger partial charge on any atom is -0.382 e. The standard InChI is InChI=1S/C11H15ClN4O3S/c12-9-5-8(6-15-10(9)13)20(18,19)16-4-3-14-11(17)7-1-2-7/h5-7,16H,1-4H2,(H2,13,15)(H,14,17). The molecule has 0 atom stereocenters. The topological polar surface area (TPSA) is 114 Å². The van der Waals surface area contributed by atoms with Crippen molar-refractivity contribution in [1.29, 1.82) is 0 Å². The van der Waals surface area contributed by atoms with Gasteiger partial charge in [-0.15, -0.1) is 0 Å².